The zero-order valence-corrected chi connectivity index (χ0v) is 12.2. The Kier molecular flexibility index (Phi) is 3.58. The number of hydrogen-bond donors (Lipinski definition) is 0. The van der Waals surface area contributed by atoms with Crippen molar-refractivity contribution in [2.45, 2.75) is 25.3 Å². The monoisotopic (exact) mass is 274 g/mol. The predicted octanol–water partition coefficient (Wildman–Crippen LogP) is 4.22. The second-order valence-corrected chi connectivity index (χ2v) is 5.54. The molecule has 2 atom stereocenters. The zero-order chi connectivity index (χ0) is 14.7. The van der Waals surface area contributed by atoms with Crippen molar-refractivity contribution in [1.29, 1.82) is 5.26 Å². The standard InChI is InChI=1S/C19H18N2/c1-2-17-13-19(17,14-20)21-18(15-9-5-3-6-10-15)16-11-7-4-8-12-16/h3-12,17H,2,13H2,1H3/t17-,19+/m1/s1. The molecular formula is C19H18N2. The van der Waals surface area contributed by atoms with Crippen LogP contribution in [0.15, 0.2) is 65.7 Å². The lowest BCUT2D eigenvalue weighted by Gasteiger charge is -2.10. The van der Waals surface area contributed by atoms with E-state index in [2.05, 4.69) is 37.3 Å². The van der Waals surface area contributed by atoms with Gasteiger partial charge in [0.25, 0.3) is 0 Å². The van der Waals surface area contributed by atoms with E-state index in [0.29, 0.717) is 5.92 Å². The van der Waals surface area contributed by atoms with Crippen molar-refractivity contribution in [2.75, 3.05) is 0 Å². The molecule has 21 heavy (non-hydrogen) atoms. The summed E-state index contributed by atoms with van der Waals surface area (Å²) >= 11 is 0. The maximum Gasteiger partial charge on any atom is 0.150 e. The summed E-state index contributed by atoms with van der Waals surface area (Å²) in [5.41, 5.74) is 2.55. The predicted molar refractivity (Wildman–Crippen MR) is 85.3 cm³/mol. The van der Waals surface area contributed by atoms with Crippen LogP contribution < -0.4 is 0 Å². The first-order valence-corrected chi connectivity index (χ1v) is 7.41. The van der Waals surface area contributed by atoms with Crippen LogP contribution in [0.2, 0.25) is 0 Å². The lowest BCUT2D eigenvalue weighted by atomic mass is 10.0. The third-order valence-electron chi connectivity index (χ3n) is 4.17. The van der Waals surface area contributed by atoms with Crippen molar-refractivity contribution in [3.8, 4) is 6.07 Å². The lowest BCUT2D eigenvalue weighted by molar-refractivity contribution is 0.693. The Morgan fingerprint density at radius 2 is 1.62 bits per heavy atom. The number of benzene rings is 2. The molecule has 0 unspecified atom stereocenters. The van der Waals surface area contributed by atoms with Gasteiger partial charge in [-0.2, -0.15) is 5.26 Å². The van der Waals surface area contributed by atoms with E-state index in [0.717, 1.165) is 29.7 Å². The minimum Gasteiger partial charge on any atom is -0.262 e. The topological polar surface area (TPSA) is 36.1 Å². The average Bonchev–Trinajstić information content (AvgIpc) is 3.28. The van der Waals surface area contributed by atoms with Crippen LogP contribution in [0.25, 0.3) is 0 Å². The number of aliphatic imine (C=N–C) groups is 1. The van der Waals surface area contributed by atoms with E-state index in [4.69, 9.17) is 4.99 Å². The summed E-state index contributed by atoms with van der Waals surface area (Å²) in [6, 6.07) is 22.7. The van der Waals surface area contributed by atoms with Gasteiger partial charge in [0.2, 0.25) is 0 Å². The van der Waals surface area contributed by atoms with E-state index in [1.165, 1.54) is 0 Å². The van der Waals surface area contributed by atoms with Gasteiger partial charge in [0.1, 0.15) is 0 Å². The number of hydrogen-bond acceptors (Lipinski definition) is 2. The highest BCUT2D eigenvalue weighted by atomic mass is 15.0. The molecule has 0 radical (unpaired) electrons. The normalized spacial score (nSPS) is 23.1. The van der Waals surface area contributed by atoms with Crippen LogP contribution in [0, 0.1) is 17.2 Å². The Morgan fingerprint density at radius 3 is 2.00 bits per heavy atom. The van der Waals surface area contributed by atoms with Gasteiger partial charge in [-0.25, -0.2) is 0 Å². The summed E-state index contributed by atoms with van der Waals surface area (Å²) in [6.45, 7) is 2.13. The van der Waals surface area contributed by atoms with E-state index in [9.17, 15) is 5.26 Å². The fourth-order valence-corrected chi connectivity index (χ4v) is 2.78. The summed E-state index contributed by atoms with van der Waals surface area (Å²) in [6.07, 6.45) is 1.89. The fraction of sp³-hybridized carbons (Fsp3) is 0.263. The Morgan fingerprint density at radius 1 is 1.10 bits per heavy atom. The molecule has 0 N–H and O–H groups in total. The van der Waals surface area contributed by atoms with E-state index in [1.54, 1.807) is 0 Å². The summed E-state index contributed by atoms with van der Waals surface area (Å²) in [4.78, 5) is 4.89. The number of rotatable bonds is 4. The third-order valence-corrected chi connectivity index (χ3v) is 4.17. The van der Waals surface area contributed by atoms with Crippen LogP contribution in [-0.2, 0) is 0 Å². The molecule has 2 heteroatoms. The minimum absolute atomic E-state index is 0.393. The van der Waals surface area contributed by atoms with Gasteiger partial charge in [-0.05, 0) is 12.8 Å². The van der Waals surface area contributed by atoms with Crippen molar-refractivity contribution < 1.29 is 0 Å². The second-order valence-electron chi connectivity index (χ2n) is 5.54. The highest BCUT2D eigenvalue weighted by molar-refractivity contribution is 6.13. The molecule has 2 nitrogen and oxygen atoms in total. The number of nitrogens with zero attached hydrogens (tertiary/aromatic N) is 2. The summed E-state index contributed by atoms with van der Waals surface area (Å²) in [5, 5.41) is 9.54. The van der Waals surface area contributed by atoms with Gasteiger partial charge in [0.15, 0.2) is 5.54 Å². The molecule has 0 heterocycles. The Balaban J connectivity index is 2.09. The first-order chi connectivity index (χ1) is 10.3. The van der Waals surface area contributed by atoms with Crippen LogP contribution in [-0.4, -0.2) is 11.3 Å². The SMILES string of the molecule is CC[C@@H]1C[C@@]1(C#N)N=C(c1ccccc1)c1ccccc1. The van der Waals surface area contributed by atoms with Gasteiger partial charge in [0.05, 0.1) is 11.8 Å². The Hall–Kier alpha value is -2.40. The molecule has 0 spiro atoms. The summed E-state index contributed by atoms with van der Waals surface area (Å²) in [5.74, 6) is 0.393. The highest BCUT2D eigenvalue weighted by Crippen LogP contribution is 2.49. The first kappa shape index (κ1) is 13.6. The van der Waals surface area contributed by atoms with Gasteiger partial charge in [-0.15, -0.1) is 0 Å². The van der Waals surface area contributed by atoms with Crippen LogP contribution in [0.1, 0.15) is 30.9 Å². The molecule has 1 aliphatic carbocycles. The van der Waals surface area contributed by atoms with Gasteiger partial charge < -0.3 is 0 Å². The molecular weight excluding hydrogens is 256 g/mol. The van der Waals surface area contributed by atoms with E-state index in [1.807, 2.05) is 36.4 Å². The largest absolute Gasteiger partial charge is 0.262 e. The molecule has 2 aromatic carbocycles. The molecule has 0 bridgehead atoms. The molecule has 1 saturated carbocycles. The average molecular weight is 274 g/mol. The maximum atomic E-state index is 9.54. The van der Waals surface area contributed by atoms with Crippen LogP contribution >= 0.6 is 0 Å². The molecule has 0 saturated heterocycles. The van der Waals surface area contributed by atoms with Gasteiger partial charge >= 0.3 is 0 Å². The Labute approximate surface area is 125 Å². The van der Waals surface area contributed by atoms with E-state index >= 15 is 0 Å². The molecule has 104 valence electrons. The molecule has 0 aromatic heterocycles. The lowest BCUT2D eigenvalue weighted by Crippen LogP contribution is -2.13. The zero-order valence-electron chi connectivity index (χ0n) is 12.2. The molecule has 2 aromatic rings. The van der Waals surface area contributed by atoms with Gasteiger partial charge in [-0.1, -0.05) is 67.6 Å². The molecule has 0 aliphatic heterocycles. The molecule has 3 rings (SSSR count). The van der Waals surface area contributed by atoms with Crippen LogP contribution in [0.5, 0.6) is 0 Å². The smallest absolute Gasteiger partial charge is 0.150 e. The van der Waals surface area contributed by atoms with E-state index < -0.39 is 5.54 Å². The van der Waals surface area contributed by atoms with Crippen molar-refractivity contribution in [3.05, 3.63) is 71.8 Å². The van der Waals surface area contributed by atoms with E-state index in [-0.39, 0.29) is 0 Å². The van der Waals surface area contributed by atoms with Crippen molar-refractivity contribution in [3.63, 3.8) is 0 Å². The van der Waals surface area contributed by atoms with Crippen LogP contribution in [0.3, 0.4) is 0 Å². The highest BCUT2D eigenvalue weighted by Gasteiger charge is 2.54. The molecule has 1 aliphatic rings. The van der Waals surface area contributed by atoms with Crippen molar-refractivity contribution >= 4 is 5.71 Å². The maximum absolute atomic E-state index is 9.54. The Bertz CT molecular complexity index is 641. The molecule has 0 amide bonds. The minimum atomic E-state index is -0.518. The quantitative estimate of drug-likeness (QED) is 0.769. The molecule has 1 fully saturated rings. The second kappa shape index (κ2) is 5.54. The summed E-state index contributed by atoms with van der Waals surface area (Å²) < 4.78 is 0. The van der Waals surface area contributed by atoms with Crippen molar-refractivity contribution in [2.24, 2.45) is 10.9 Å². The van der Waals surface area contributed by atoms with Gasteiger partial charge in [-0.3, -0.25) is 4.99 Å². The third kappa shape index (κ3) is 2.60. The van der Waals surface area contributed by atoms with Crippen LogP contribution in [0.4, 0.5) is 0 Å². The first-order valence-electron chi connectivity index (χ1n) is 7.41. The summed E-state index contributed by atoms with van der Waals surface area (Å²) in [7, 11) is 0. The number of nitriles is 1. The van der Waals surface area contributed by atoms with Gasteiger partial charge in [0, 0.05) is 17.0 Å². The fourth-order valence-electron chi connectivity index (χ4n) is 2.78. The van der Waals surface area contributed by atoms with Crippen molar-refractivity contribution in [1.82, 2.24) is 0 Å².